The molecule has 0 saturated heterocycles. The van der Waals surface area contributed by atoms with Crippen LogP contribution < -0.4 is 5.32 Å². The predicted octanol–water partition coefficient (Wildman–Crippen LogP) is 2.83. The summed E-state index contributed by atoms with van der Waals surface area (Å²) in [6.07, 6.45) is 1.60. The lowest BCUT2D eigenvalue weighted by molar-refractivity contribution is 0.0939. The second-order valence-electron chi connectivity index (χ2n) is 3.19. The largest absolute Gasteiger partial charge is 0.467 e. The maximum atomic E-state index is 11.7. The zero-order chi connectivity index (χ0) is 10.7. The van der Waals surface area contributed by atoms with Crippen molar-refractivity contribution in [2.45, 2.75) is 13.0 Å². The first kappa shape index (κ1) is 9.98. The summed E-state index contributed by atoms with van der Waals surface area (Å²) < 4.78 is 5.20. The van der Waals surface area contributed by atoms with Crippen LogP contribution in [0.25, 0.3) is 0 Å². The van der Waals surface area contributed by atoms with Crippen LogP contribution in [0.15, 0.2) is 40.3 Å². The summed E-state index contributed by atoms with van der Waals surface area (Å²) in [4.78, 5) is 12.4. The van der Waals surface area contributed by atoms with Gasteiger partial charge in [-0.3, -0.25) is 4.79 Å². The topological polar surface area (TPSA) is 42.2 Å². The first-order chi connectivity index (χ1) is 7.27. The molecule has 1 atom stereocenters. The number of amides is 1. The van der Waals surface area contributed by atoms with Gasteiger partial charge in [-0.1, -0.05) is 6.07 Å². The molecule has 0 aliphatic rings. The maximum Gasteiger partial charge on any atom is 0.261 e. The van der Waals surface area contributed by atoms with Crippen LogP contribution in [0.4, 0.5) is 0 Å². The molecule has 3 nitrogen and oxygen atoms in total. The maximum absolute atomic E-state index is 11.7. The molecule has 0 fully saturated rings. The van der Waals surface area contributed by atoms with E-state index in [1.54, 1.807) is 12.3 Å². The Bertz CT molecular complexity index is 419. The number of furan rings is 1. The minimum atomic E-state index is -0.102. The van der Waals surface area contributed by atoms with Crippen molar-refractivity contribution in [3.8, 4) is 0 Å². The highest BCUT2D eigenvalue weighted by atomic mass is 32.1. The highest BCUT2D eigenvalue weighted by Crippen LogP contribution is 2.14. The Morgan fingerprint density at radius 2 is 2.33 bits per heavy atom. The Morgan fingerprint density at radius 3 is 2.93 bits per heavy atom. The van der Waals surface area contributed by atoms with Crippen molar-refractivity contribution in [2.24, 2.45) is 0 Å². The fourth-order valence-electron chi connectivity index (χ4n) is 1.28. The highest BCUT2D eigenvalue weighted by Gasteiger charge is 2.13. The molecule has 1 amide bonds. The van der Waals surface area contributed by atoms with Gasteiger partial charge in [-0.15, -0.1) is 11.3 Å². The molecule has 1 N–H and O–H groups in total. The van der Waals surface area contributed by atoms with Crippen molar-refractivity contribution in [1.29, 1.82) is 0 Å². The molecular weight excluding hydrogens is 210 g/mol. The molecule has 2 heterocycles. The molecule has 0 aliphatic carbocycles. The van der Waals surface area contributed by atoms with Gasteiger partial charge in [0.15, 0.2) is 0 Å². The van der Waals surface area contributed by atoms with Gasteiger partial charge >= 0.3 is 0 Å². The highest BCUT2D eigenvalue weighted by molar-refractivity contribution is 7.12. The Hall–Kier alpha value is -1.55. The van der Waals surface area contributed by atoms with Gasteiger partial charge in [-0.25, -0.2) is 0 Å². The average Bonchev–Trinajstić information content (AvgIpc) is 2.91. The van der Waals surface area contributed by atoms with Crippen LogP contribution >= 0.6 is 11.3 Å². The minimum absolute atomic E-state index is 0.0612. The molecule has 0 saturated carbocycles. The standard InChI is InChI=1S/C11H11NO2S/c1-8(9-4-2-6-14-9)12-11(13)10-5-3-7-15-10/h2-8H,1H3,(H,12,13)/t8-/m0/s1. The molecule has 0 aromatic carbocycles. The summed E-state index contributed by atoms with van der Waals surface area (Å²) in [6.45, 7) is 1.89. The number of thiophene rings is 1. The lowest BCUT2D eigenvalue weighted by atomic mass is 10.2. The van der Waals surface area contributed by atoms with Crippen molar-refractivity contribution < 1.29 is 9.21 Å². The third-order valence-electron chi connectivity index (χ3n) is 2.06. The van der Waals surface area contributed by atoms with Crippen molar-refractivity contribution in [1.82, 2.24) is 5.32 Å². The zero-order valence-corrected chi connectivity index (χ0v) is 9.08. The number of nitrogens with one attached hydrogen (secondary N) is 1. The van der Waals surface area contributed by atoms with E-state index in [4.69, 9.17) is 4.42 Å². The van der Waals surface area contributed by atoms with Crippen molar-refractivity contribution in [3.05, 3.63) is 46.5 Å². The van der Waals surface area contributed by atoms with Crippen molar-refractivity contribution in [3.63, 3.8) is 0 Å². The summed E-state index contributed by atoms with van der Waals surface area (Å²) in [7, 11) is 0. The van der Waals surface area contributed by atoms with Gasteiger partial charge in [0, 0.05) is 0 Å². The van der Waals surface area contributed by atoms with Crippen LogP contribution in [0.1, 0.15) is 28.4 Å². The summed E-state index contributed by atoms with van der Waals surface area (Å²) in [5.74, 6) is 0.703. The number of hydrogen-bond acceptors (Lipinski definition) is 3. The van der Waals surface area contributed by atoms with Crippen LogP contribution in [-0.4, -0.2) is 5.91 Å². The van der Waals surface area contributed by atoms with Crippen LogP contribution in [0.5, 0.6) is 0 Å². The van der Waals surface area contributed by atoms with Gasteiger partial charge in [0.25, 0.3) is 5.91 Å². The van der Waals surface area contributed by atoms with E-state index in [2.05, 4.69) is 5.32 Å². The first-order valence-corrected chi connectivity index (χ1v) is 5.53. The van der Waals surface area contributed by atoms with Crippen LogP contribution in [0, 0.1) is 0 Å². The molecule has 2 aromatic heterocycles. The Kier molecular flexibility index (Phi) is 2.87. The number of carbonyl (C=O) groups excluding carboxylic acids is 1. The Labute approximate surface area is 91.7 Å². The smallest absolute Gasteiger partial charge is 0.261 e. The number of rotatable bonds is 3. The Balaban J connectivity index is 2.01. The van der Waals surface area contributed by atoms with E-state index in [1.165, 1.54) is 11.3 Å². The molecule has 2 rings (SSSR count). The Morgan fingerprint density at radius 1 is 1.47 bits per heavy atom. The average molecular weight is 221 g/mol. The van der Waals surface area contributed by atoms with Gasteiger partial charge in [0.2, 0.25) is 0 Å². The second kappa shape index (κ2) is 4.31. The monoisotopic (exact) mass is 221 g/mol. The predicted molar refractivity (Wildman–Crippen MR) is 58.9 cm³/mol. The van der Waals surface area contributed by atoms with Gasteiger partial charge < -0.3 is 9.73 Å². The fourth-order valence-corrected chi connectivity index (χ4v) is 1.91. The second-order valence-corrected chi connectivity index (χ2v) is 4.14. The van der Waals surface area contributed by atoms with Crippen molar-refractivity contribution in [2.75, 3.05) is 0 Å². The first-order valence-electron chi connectivity index (χ1n) is 4.65. The number of hydrogen-bond donors (Lipinski definition) is 1. The summed E-state index contributed by atoms with van der Waals surface area (Å²) in [6, 6.07) is 7.21. The molecule has 0 radical (unpaired) electrons. The molecule has 15 heavy (non-hydrogen) atoms. The van der Waals surface area contributed by atoms with E-state index in [9.17, 15) is 4.79 Å². The molecule has 0 aliphatic heterocycles. The third-order valence-corrected chi connectivity index (χ3v) is 2.93. The van der Waals surface area contributed by atoms with Crippen LogP contribution in [0.3, 0.4) is 0 Å². The van der Waals surface area contributed by atoms with Crippen LogP contribution in [-0.2, 0) is 0 Å². The van der Waals surface area contributed by atoms with E-state index < -0.39 is 0 Å². The van der Waals surface area contributed by atoms with Crippen molar-refractivity contribution >= 4 is 17.2 Å². The lowest BCUT2D eigenvalue weighted by Gasteiger charge is -2.09. The zero-order valence-electron chi connectivity index (χ0n) is 8.27. The normalized spacial score (nSPS) is 12.3. The van der Waals surface area contributed by atoms with E-state index in [1.807, 2.05) is 30.5 Å². The fraction of sp³-hybridized carbons (Fsp3) is 0.182. The lowest BCUT2D eigenvalue weighted by Crippen LogP contribution is -2.25. The molecule has 0 unspecified atom stereocenters. The molecule has 2 aromatic rings. The van der Waals surface area contributed by atoms with E-state index in [0.29, 0.717) is 4.88 Å². The van der Waals surface area contributed by atoms with E-state index >= 15 is 0 Å². The summed E-state index contributed by atoms with van der Waals surface area (Å²) >= 11 is 1.43. The van der Waals surface area contributed by atoms with Gasteiger partial charge in [-0.05, 0) is 30.5 Å². The number of carbonyl (C=O) groups is 1. The van der Waals surface area contributed by atoms with Gasteiger partial charge in [0.1, 0.15) is 5.76 Å². The van der Waals surface area contributed by atoms with E-state index in [0.717, 1.165) is 5.76 Å². The SMILES string of the molecule is C[C@H](NC(=O)c1cccs1)c1ccco1. The molecular formula is C11H11NO2S. The van der Waals surface area contributed by atoms with Crippen LogP contribution in [0.2, 0.25) is 0 Å². The van der Waals surface area contributed by atoms with Gasteiger partial charge in [-0.2, -0.15) is 0 Å². The quantitative estimate of drug-likeness (QED) is 0.866. The van der Waals surface area contributed by atoms with Gasteiger partial charge in [0.05, 0.1) is 17.2 Å². The third kappa shape index (κ3) is 2.27. The minimum Gasteiger partial charge on any atom is -0.467 e. The summed E-state index contributed by atoms with van der Waals surface area (Å²) in [5.41, 5.74) is 0. The van der Waals surface area contributed by atoms with E-state index in [-0.39, 0.29) is 11.9 Å². The molecule has 78 valence electrons. The molecule has 4 heteroatoms. The summed E-state index contributed by atoms with van der Waals surface area (Å²) in [5, 5.41) is 4.74. The molecule has 0 spiro atoms. The molecule has 0 bridgehead atoms.